The van der Waals surface area contributed by atoms with Crippen LogP contribution >= 0.6 is 0 Å². The molecule has 1 rings (SSSR count). The monoisotopic (exact) mass is 253 g/mol. The molecular weight excluding hydrogens is 218 g/mol. The number of rotatable bonds is 9. The fraction of sp³-hybridized carbons (Fsp3) is 1.00. The highest BCUT2D eigenvalue weighted by Gasteiger charge is 2.26. The van der Waals surface area contributed by atoms with Crippen molar-refractivity contribution in [2.75, 3.05) is 0 Å². The van der Waals surface area contributed by atoms with Crippen LogP contribution in [-0.4, -0.2) is 6.04 Å². The number of hydrogen-bond donors (Lipinski definition) is 1. The van der Waals surface area contributed by atoms with E-state index in [0.29, 0.717) is 6.04 Å². The summed E-state index contributed by atoms with van der Waals surface area (Å²) in [7, 11) is 0. The highest BCUT2D eigenvalue weighted by molar-refractivity contribution is 4.81. The Kier molecular flexibility index (Phi) is 8.75. The summed E-state index contributed by atoms with van der Waals surface area (Å²) in [5, 5.41) is 0. The lowest BCUT2D eigenvalue weighted by atomic mass is 9.75. The molecule has 1 fully saturated rings. The maximum atomic E-state index is 6.28. The third-order valence-corrected chi connectivity index (χ3v) is 4.91. The first-order valence-corrected chi connectivity index (χ1v) is 8.53. The molecule has 1 saturated carbocycles. The van der Waals surface area contributed by atoms with Crippen molar-refractivity contribution in [2.45, 2.75) is 96.9 Å². The van der Waals surface area contributed by atoms with E-state index >= 15 is 0 Å². The van der Waals surface area contributed by atoms with Crippen LogP contribution in [0.15, 0.2) is 0 Å². The Morgan fingerprint density at radius 3 is 2.22 bits per heavy atom. The van der Waals surface area contributed by atoms with Gasteiger partial charge in [-0.3, -0.25) is 0 Å². The van der Waals surface area contributed by atoms with E-state index in [2.05, 4.69) is 13.8 Å². The van der Waals surface area contributed by atoms with Crippen LogP contribution in [0.4, 0.5) is 0 Å². The molecule has 0 heterocycles. The van der Waals surface area contributed by atoms with Gasteiger partial charge in [0.1, 0.15) is 0 Å². The predicted molar refractivity (Wildman–Crippen MR) is 81.7 cm³/mol. The van der Waals surface area contributed by atoms with Crippen molar-refractivity contribution in [1.82, 2.24) is 0 Å². The Hall–Kier alpha value is -0.0400. The second-order valence-corrected chi connectivity index (χ2v) is 6.42. The summed E-state index contributed by atoms with van der Waals surface area (Å²) in [6.07, 6.45) is 16.8. The molecule has 3 unspecified atom stereocenters. The van der Waals surface area contributed by atoms with Crippen LogP contribution in [0.3, 0.4) is 0 Å². The molecule has 108 valence electrons. The fourth-order valence-corrected chi connectivity index (χ4v) is 3.45. The van der Waals surface area contributed by atoms with E-state index in [4.69, 9.17) is 5.73 Å². The zero-order valence-electron chi connectivity index (χ0n) is 12.8. The van der Waals surface area contributed by atoms with E-state index in [9.17, 15) is 0 Å². The van der Waals surface area contributed by atoms with Crippen molar-refractivity contribution in [3.8, 4) is 0 Å². The van der Waals surface area contributed by atoms with Gasteiger partial charge in [-0.15, -0.1) is 0 Å². The number of unbranched alkanes of at least 4 members (excludes halogenated alkanes) is 6. The van der Waals surface area contributed by atoms with Gasteiger partial charge in [-0.25, -0.2) is 0 Å². The SMILES string of the molecule is CCCCCCCCCC1CC(CC)CCC1N. The lowest BCUT2D eigenvalue weighted by Crippen LogP contribution is -2.36. The molecule has 0 aliphatic heterocycles. The lowest BCUT2D eigenvalue weighted by Gasteiger charge is -2.33. The van der Waals surface area contributed by atoms with Gasteiger partial charge in [0.15, 0.2) is 0 Å². The third kappa shape index (κ3) is 6.22. The van der Waals surface area contributed by atoms with Crippen LogP contribution < -0.4 is 5.73 Å². The lowest BCUT2D eigenvalue weighted by molar-refractivity contribution is 0.213. The predicted octanol–water partition coefficient (Wildman–Crippen LogP) is 5.28. The maximum Gasteiger partial charge on any atom is 0.00673 e. The van der Waals surface area contributed by atoms with Crippen molar-refractivity contribution in [3.05, 3.63) is 0 Å². The van der Waals surface area contributed by atoms with E-state index in [0.717, 1.165) is 11.8 Å². The van der Waals surface area contributed by atoms with E-state index < -0.39 is 0 Å². The molecule has 0 spiro atoms. The van der Waals surface area contributed by atoms with E-state index in [1.54, 1.807) is 0 Å². The van der Waals surface area contributed by atoms with E-state index in [-0.39, 0.29) is 0 Å². The minimum Gasteiger partial charge on any atom is -0.327 e. The first-order chi connectivity index (χ1) is 8.77. The zero-order chi connectivity index (χ0) is 13.2. The van der Waals surface area contributed by atoms with Crippen LogP contribution in [0, 0.1) is 11.8 Å². The molecular formula is C17H35N. The molecule has 0 aromatic rings. The third-order valence-electron chi connectivity index (χ3n) is 4.91. The summed E-state index contributed by atoms with van der Waals surface area (Å²) in [5.74, 6) is 1.80. The van der Waals surface area contributed by atoms with Gasteiger partial charge >= 0.3 is 0 Å². The molecule has 0 saturated heterocycles. The van der Waals surface area contributed by atoms with Crippen LogP contribution in [0.1, 0.15) is 90.9 Å². The Labute approximate surface area is 115 Å². The summed E-state index contributed by atoms with van der Waals surface area (Å²) in [6, 6.07) is 0.507. The second kappa shape index (κ2) is 9.83. The summed E-state index contributed by atoms with van der Waals surface area (Å²) < 4.78 is 0. The van der Waals surface area contributed by atoms with Crippen molar-refractivity contribution < 1.29 is 0 Å². The molecule has 2 N–H and O–H groups in total. The Morgan fingerprint density at radius 1 is 0.889 bits per heavy atom. The van der Waals surface area contributed by atoms with Crippen molar-refractivity contribution in [2.24, 2.45) is 17.6 Å². The highest BCUT2D eigenvalue weighted by atomic mass is 14.7. The molecule has 0 aromatic carbocycles. The van der Waals surface area contributed by atoms with Crippen LogP contribution in [0.25, 0.3) is 0 Å². The van der Waals surface area contributed by atoms with Gasteiger partial charge < -0.3 is 5.73 Å². The molecule has 0 bridgehead atoms. The topological polar surface area (TPSA) is 26.0 Å². The normalized spacial score (nSPS) is 28.5. The molecule has 1 heteroatoms. The number of hydrogen-bond acceptors (Lipinski definition) is 1. The molecule has 3 atom stereocenters. The first kappa shape index (κ1) is 16.0. The Bertz CT molecular complexity index is 190. The van der Waals surface area contributed by atoms with Crippen molar-refractivity contribution in [1.29, 1.82) is 0 Å². The second-order valence-electron chi connectivity index (χ2n) is 6.42. The average molecular weight is 253 g/mol. The molecule has 18 heavy (non-hydrogen) atoms. The highest BCUT2D eigenvalue weighted by Crippen LogP contribution is 2.33. The molecule has 0 radical (unpaired) electrons. The minimum absolute atomic E-state index is 0.507. The van der Waals surface area contributed by atoms with Crippen LogP contribution in [0.5, 0.6) is 0 Å². The summed E-state index contributed by atoms with van der Waals surface area (Å²) in [4.78, 5) is 0. The van der Waals surface area contributed by atoms with E-state index in [1.807, 2.05) is 0 Å². The van der Waals surface area contributed by atoms with Crippen molar-refractivity contribution >= 4 is 0 Å². The summed E-state index contributed by atoms with van der Waals surface area (Å²) >= 11 is 0. The molecule has 1 aliphatic carbocycles. The van der Waals surface area contributed by atoms with Gasteiger partial charge in [0.2, 0.25) is 0 Å². The van der Waals surface area contributed by atoms with Crippen molar-refractivity contribution in [3.63, 3.8) is 0 Å². The molecule has 0 amide bonds. The van der Waals surface area contributed by atoms with Gasteiger partial charge in [-0.1, -0.05) is 65.2 Å². The largest absolute Gasteiger partial charge is 0.327 e. The molecule has 0 aromatic heterocycles. The van der Waals surface area contributed by atoms with Gasteiger partial charge in [-0.05, 0) is 37.5 Å². The maximum absolute atomic E-state index is 6.28. The van der Waals surface area contributed by atoms with Gasteiger partial charge in [0, 0.05) is 6.04 Å². The quantitative estimate of drug-likeness (QED) is 0.556. The first-order valence-electron chi connectivity index (χ1n) is 8.53. The van der Waals surface area contributed by atoms with E-state index in [1.165, 1.54) is 77.0 Å². The standard InChI is InChI=1S/C17H35N/c1-3-5-6-7-8-9-10-11-16-14-15(4-2)12-13-17(16)18/h15-17H,3-14,18H2,1-2H3. The average Bonchev–Trinajstić information content (AvgIpc) is 2.39. The minimum atomic E-state index is 0.507. The van der Waals surface area contributed by atoms with Crippen LogP contribution in [-0.2, 0) is 0 Å². The fourth-order valence-electron chi connectivity index (χ4n) is 3.45. The Morgan fingerprint density at radius 2 is 1.56 bits per heavy atom. The molecule has 1 nitrogen and oxygen atoms in total. The number of nitrogens with two attached hydrogens (primary N) is 1. The van der Waals surface area contributed by atoms with Gasteiger partial charge in [0.25, 0.3) is 0 Å². The zero-order valence-corrected chi connectivity index (χ0v) is 12.8. The summed E-state index contributed by atoms with van der Waals surface area (Å²) in [5.41, 5.74) is 6.28. The molecule has 1 aliphatic rings. The van der Waals surface area contributed by atoms with Gasteiger partial charge in [0.05, 0.1) is 0 Å². The van der Waals surface area contributed by atoms with Crippen LogP contribution in [0.2, 0.25) is 0 Å². The van der Waals surface area contributed by atoms with Gasteiger partial charge in [-0.2, -0.15) is 0 Å². The smallest absolute Gasteiger partial charge is 0.00673 e. The Balaban J connectivity index is 2.03. The summed E-state index contributed by atoms with van der Waals surface area (Å²) in [6.45, 7) is 4.63.